The number of ether oxygens (including phenoxy) is 1. The number of carbonyl (C=O) groups is 1. The first kappa shape index (κ1) is 11.5. The van der Waals surface area contributed by atoms with E-state index in [2.05, 4.69) is 16.9 Å². The van der Waals surface area contributed by atoms with Crippen molar-refractivity contribution in [3.63, 3.8) is 0 Å². The molecule has 1 aromatic rings. The van der Waals surface area contributed by atoms with Crippen molar-refractivity contribution in [3.05, 3.63) is 47.5 Å². The van der Waals surface area contributed by atoms with E-state index in [1.807, 2.05) is 25.1 Å². The van der Waals surface area contributed by atoms with Crippen LogP contribution in [0.4, 0.5) is 0 Å². The van der Waals surface area contributed by atoms with Gasteiger partial charge in [-0.25, -0.2) is 4.79 Å². The Bertz CT molecular complexity index is 339. The molecular weight excluding hydrogens is 188 g/mol. The van der Waals surface area contributed by atoms with Gasteiger partial charge in [-0.1, -0.05) is 42.8 Å². The zero-order valence-corrected chi connectivity index (χ0v) is 9.19. The van der Waals surface area contributed by atoms with Gasteiger partial charge in [-0.05, 0) is 18.4 Å². The molecule has 0 heterocycles. The third-order valence-electron chi connectivity index (χ3n) is 2.25. The minimum Gasteiger partial charge on any atom is -0.466 e. The summed E-state index contributed by atoms with van der Waals surface area (Å²) in [6.07, 6.45) is 3.25. The van der Waals surface area contributed by atoms with E-state index >= 15 is 0 Å². The van der Waals surface area contributed by atoms with E-state index in [0.29, 0.717) is 0 Å². The number of carbonyl (C=O) groups excluding carboxylic acids is 1. The molecule has 0 bridgehead atoms. The molecule has 2 heteroatoms. The summed E-state index contributed by atoms with van der Waals surface area (Å²) in [4.78, 5) is 11.1. The van der Waals surface area contributed by atoms with Crippen molar-refractivity contribution >= 4 is 5.97 Å². The van der Waals surface area contributed by atoms with Crippen LogP contribution in [0.5, 0.6) is 0 Å². The standard InChI is InChI=1S/C13H16O2/c1-3-11(10-13(14)15-2)9-12-7-5-4-6-8-12/h4-8,10H,3,9H2,1-2H3/b11-10-. The van der Waals surface area contributed by atoms with Crippen molar-refractivity contribution in [2.45, 2.75) is 19.8 Å². The maximum atomic E-state index is 11.1. The lowest BCUT2D eigenvalue weighted by Gasteiger charge is -2.04. The summed E-state index contributed by atoms with van der Waals surface area (Å²) >= 11 is 0. The normalized spacial score (nSPS) is 11.2. The van der Waals surface area contributed by atoms with E-state index in [9.17, 15) is 4.79 Å². The summed E-state index contributed by atoms with van der Waals surface area (Å²) in [5, 5.41) is 0. The Balaban J connectivity index is 2.70. The van der Waals surface area contributed by atoms with E-state index in [0.717, 1.165) is 18.4 Å². The van der Waals surface area contributed by atoms with E-state index in [4.69, 9.17) is 0 Å². The molecule has 1 rings (SSSR count). The largest absolute Gasteiger partial charge is 0.466 e. The van der Waals surface area contributed by atoms with Crippen LogP contribution in [0.25, 0.3) is 0 Å². The average Bonchev–Trinajstić information content (AvgIpc) is 2.29. The summed E-state index contributed by atoms with van der Waals surface area (Å²) in [5.74, 6) is -0.275. The predicted molar refractivity (Wildman–Crippen MR) is 60.5 cm³/mol. The second kappa shape index (κ2) is 6.02. The maximum Gasteiger partial charge on any atom is 0.330 e. The molecule has 0 aliphatic heterocycles. The topological polar surface area (TPSA) is 26.3 Å². The molecule has 0 aliphatic carbocycles. The Kier molecular flexibility index (Phi) is 4.61. The Labute approximate surface area is 90.6 Å². The van der Waals surface area contributed by atoms with Crippen molar-refractivity contribution < 1.29 is 9.53 Å². The third-order valence-corrected chi connectivity index (χ3v) is 2.25. The van der Waals surface area contributed by atoms with Gasteiger partial charge in [0.05, 0.1) is 7.11 Å². The van der Waals surface area contributed by atoms with Crippen molar-refractivity contribution in [2.75, 3.05) is 7.11 Å². The second-order valence-electron chi connectivity index (χ2n) is 3.34. The highest BCUT2D eigenvalue weighted by Crippen LogP contribution is 2.10. The van der Waals surface area contributed by atoms with Crippen LogP contribution in [0.1, 0.15) is 18.9 Å². The molecule has 15 heavy (non-hydrogen) atoms. The quantitative estimate of drug-likeness (QED) is 0.557. The number of rotatable bonds is 4. The van der Waals surface area contributed by atoms with Gasteiger partial charge in [0.1, 0.15) is 0 Å². The Morgan fingerprint density at radius 3 is 2.53 bits per heavy atom. The van der Waals surface area contributed by atoms with Gasteiger partial charge in [-0.3, -0.25) is 0 Å². The van der Waals surface area contributed by atoms with Gasteiger partial charge in [0.2, 0.25) is 0 Å². The van der Waals surface area contributed by atoms with Crippen LogP contribution >= 0.6 is 0 Å². The van der Waals surface area contributed by atoms with Crippen molar-refractivity contribution in [3.8, 4) is 0 Å². The Morgan fingerprint density at radius 1 is 1.33 bits per heavy atom. The molecule has 0 unspecified atom stereocenters. The maximum absolute atomic E-state index is 11.1. The molecular formula is C13H16O2. The lowest BCUT2D eigenvalue weighted by atomic mass is 10.0. The van der Waals surface area contributed by atoms with Crippen LogP contribution in [0.2, 0.25) is 0 Å². The number of allylic oxidation sites excluding steroid dienone is 1. The van der Waals surface area contributed by atoms with Crippen LogP contribution in [0, 0.1) is 0 Å². The zero-order chi connectivity index (χ0) is 11.1. The highest BCUT2D eigenvalue weighted by molar-refractivity contribution is 5.82. The highest BCUT2D eigenvalue weighted by atomic mass is 16.5. The van der Waals surface area contributed by atoms with Crippen molar-refractivity contribution in [1.29, 1.82) is 0 Å². The fraction of sp³-hybridized carbons (Fsp3) is 0.308. The van der Waals surface area contributed by atoms with Gasteiger partial charge in [0, 0.05) is 6.08 Å². The number of methoxy groups -OCH3 is 1. The van der Waals surface area contributed by atoms with Crippen LogP contribution in [0.15, 0.2) is 42.0 Å². The number of benzene rings is 1. The minimum absolute atomic E-state index is 0.275. The summed E-state index contributed by atoms with van der Waals surface area (Å²) in [6, 6.07) is 10.1. The molecule has 0 atom stereocenters. The molecule has 0 fully saturated rings. The van der Waals surface area contributed by atoms with Gasteiger partial charge in [0.15, 0.2) is 0 Å². The van der Waals surface area contributed by atoms with E-state index < -0.39 is 0 Å². The average molecular weight is 204 g/mol. The summed E-state index contributed by atoms with van der Waals surface area (Å²) in [6.45, 7) is 2.04. The van der Waals surface area contributed by atoms with E-state index in [1.165, 1.54) is 12.7 Å². The molecule has 0 aliphatic rings. The summed E-state index contributed by atoms with van der Waals surface area (Å²) in [7, 11) is 1.40. The third kappa shape index (κ3) is 3.98. The molecule has 0 N–H and O–H groups in total. The molecule has 0 aromatic heterocycles. The summed E-state index contributed by atoms with van der Waals surface area (Å²) < 4.78 is 4.60. The predicted octanol–water partition coefficient (Wildman–Crippen LogP) is 2.74. The molecule has 0 saturated carbocycles. The number of hydrogen-bond donors (Lipinski definition) is 0. The van der Waals surface area contributed by atoms with Gasteiger partial charge in [-0.2, -0.15) is 0 Å². The molecule has 0 amide bonds. The molecule has 0 radical (unpaired) electrons. The summed E-state index contributed by atoms with van der Waals surface area (Å²) in [5.41, 5.74) is 2.31. The van der Waals surface area contributed by atoms with E-state index in [1.54, 1.807) is 6.08 Å². The fourth-order valence-corrected chi connectivity index (χ4v) is 1.36. The SMILES string of the molecule is CC/C(=C/C(=O)OC)Cc1ccccc1. The van der Waals surface area contributed by atoms with Crippen LogP contribution in [0.3, 0.4) is 0 Å². The first-order valence-corrected chi connectivity index (χ1v) is 5.07. The van der Waals surface area contributed by atoms with Crippen LogP contribution < -0.4 is 0 Å². The van der Waals surface area contributed by atoms with Crippen LogP contribution in [-0.2, 0) is 16.0 Å². The second-order valence-corrected chi connectivity index (χ2v) is 3.34. The van der Waals surface area contributed by atoms with E-state index in [-0.39, 0.29) is 5.97 Å². The van der Waals surface area contributed by atoms with Gasteiger partial charge in [-0.15, -0.1) is 0 Å². The first-order valence-electron chi connectivity index (χ1n) is 5.07. The van der Waals surface area contributed by atoms with Gasteiger partial charge in [0.25, 0.3) is 0 Å². The Hall–Kier alpha value is -1.57. The molecule has 1 aromatic carbocycles. The minimum atomic E-state index is -0.275. The van der Waals surface area contributed by atoms with Gasteiger partial charge >= 0.3 is 5.97 Å². The molecule has 2 nitrogen and oxygen atoms in total. The fourth-order valence-electron chi connectivity index (χ4n) is 1.36. The first-order chi connectivity index (χ1) is 7.26. The zero-order valence-electron chi connectivity index (χ0n) is 9.19. The van der Waals surface area contributed by atoms with Crippen molar-refractivity contribution in [1.82, 2.24) is 0 Å². The van der Waals surface area contributed by atoms with Crippen LogP contribution in [-0.4, -0.2) is 13.1 Å². The monoisotopic (exact) mass is 204 g/mol. The van der Waals surface area contributed by atoms with Gasteiger partial charge < -0.3 is 4.74 Å². The number of hydrogen-bond acceptors (Lipinski definition) is 2. The highest BCUT2D eigenvalue weighted by Gasteiger charge is 2.01. The van der Waals surface area contributed by atoms with Crippen molar-refractivity contribution in [2.24, 2.45) is 0 Å². The number of esters is 1. The molecule has 80 valence electrons. The molecule has 0 saturated heterocycles. The molecule has 0 spiro atoms. The lowest BCUT2D eigenvalue weighted by Crippen LogP contribution is -1.99. The smallest absolute Gasteiger partial charge is 0.330 e. The Morgan fingerprint density at radius 2 is 2.00 bits per heavy atom. The lowest BCUT2D eigenvalue weighted by molar-refractivity contribution is -0.134.